The third-order valence-electron chi connectivity index (χ3n) is 3.92. The Kier molecular flexibility index (Phi) is 6.20. The van der Waals surface area contributed by atoms with Crippen molar-refractivity contribution in [3.05, 3.63) is 5.82 Å². The summed E-state index contributed by atoms with van der Waals surface area (Å²) in [6, 6.07) is 2.23. The van der Waals surface area contributed by atoms with E-state index in [0.29, 0.717) is 30.4 Å². The lowest BCUT2D eigenvalue weighted by atomic mass is 10.0. The zero-order valence-corrected chi connectivity index (χ0v) is 14.7. The first-order chi connectivity index (χ1) is 11.5. The number of hydrogen-bond acceptors (Lipinski definition) is 7. The van der Waals surface area contributed by atoms with Gasteiger partial charge < -0.3 is 14.6 Å². The fourth-order valence-electron chi connectivity index (χ4n) is 2.64. The van der Waals surface area contributed by atoms with Crippen molar-refractivity contribution in [3.8, 4) is 6.07 Å². The van der Waals surface area contributed by atoms with Gasteiger partial charge in [-0.15, -0.1) is 10.2 Å². The maximum absolute atomic E-state index is 12.1. The van der Waals surface area contributed by atoms with E-state index in [1.54, 1.807) is 18.5 Å². The Morgan fingerprint density at radius 1 is 1.42 bits per heavy atom. The van der Waals surface area contributed by atoms with Gasteiger partial charge in [0.1, 0.15) is 17.8 Å². The van der Waals surface area contributed by atoms with E-state index < -0.39 is 5.54 Å². The summed E-state index contributed by atoms with van der Waals surface area (Å²) >= 11 is 1.22. The second-order valence-electron chi connectivity index (χ2n) is 5.68. The van der Waals surface area contributed by atoms with E-state index in [1.165, 1.54) is 11.8 Å². The zero-order chi connectivity index (χ0) is 17.6. The number of nitrogens with zero attached hydrogens (tertiary/aromatic N) is 4. The molecule has 1 amide bonds. The van der Waals surface area contributed by atoms with E-state index in [-0.39, 0.29) is 24.1 Å². The van der Waals surface area contributed by atoms with Crippen LogP contribution in [0.3, 0.4) is 0 Å². The molecule has 1 aliphatic carbocycles. The molecule has 2 rings (SSSR count). The predicted molar refractivity (Wildman–Crippen MR) is 87.0 cm³/mol. The molecule has 0 radical (unpaired) electrons. The number of aromatic nitrogens is 3. The SMILES string of the molecule is CCOC(=O)Cc1nnc(SCC(=O)NC2(C#N)CCCC2)n1C. The highest BCUT2D eigenvalue weighted by Crippen LogP contribution is 2.29. The van der Waals surface area contributed by atoms with E-state index in [1.807, 2.05) is 0 Å². The molecule has 9 heteroatoms. The van der Waals surface area contributed by atoms with Crippen molar-refractivity contribution < 1.29 is 14.3 Å². The third-order valence-corrected chi connectivity index (χ3v) is 4.94. The second-order valence-corrected chi connectivity index (χ2v) is 6.62. The lowest BCUT2D eigenvalue weighted by Crippen LogP contribution is -2.45. The topological polar surface area (TPSA) is 110 Å². The van der Waals surface area contributed by atoms with Gasteiger partial charge in [-0.3, -0.25) is 9.59 Å². The Labute approximate surface area is 144 Å². The Bertz CT molecular complexity index is 646. The molecule has 1 N–H and O–H groups in total. The molecule has 1 fully saturated rings. The summed E-state index contributed by atoms with van der Waals surface area (Å²) < 4.78 is 6.56. The molecule has 0 atom stereocenters. The number of hydrogen-bond donors (Lipinski definition) is 1. The summed E-state index contributed by atoms with van der Waals surface area (Å²) in [5, 5.41) is 20.6. The average Bonchev–Trinajstić information content (AvgIpc) is 3.14. The summed E-state index contributed by atoms with van der Waals surface area (Å²) in [6.45, 7) is 2.06. The van der Waals surface area contributed by atoms with Gasteiger partial charge in [0.05, 0.1) is 18.4 Å². The number of amides is 1. The molecule has 0 aromatic carbocycles. The predicted octanol–water partition coefficient (Wildman–Crippen LogP) is 0.965. The highest BCUT2D eigenvalue weighted by atomic mass is 32.2. The largest absolute Gasteiger partial charge is 0.466 e. The van der Waals surface area contributed by atoms with Crippen LogP contribution >= 0.6 is 11.8 Å². The van der Waals surface area contributed by atoms with Gasteiger partial charge in [0.25, 0.3) is 0 Å². The molecule has 1 aliphatic rings. The first kappa shape index (κ1) is 18.3. The monoisotopic (exact) mass is 351 g/mol. The first-order valence-corrected chi connectivity index (χ1v) is 8.87. The molecule has 1 aromatic heterocycles. The minimum Gasteiger partial charge on any atom is -0.466 e. The maximum Gasteiger partial charge on any atom is 0.313 e. The molecule has 1 aromatic rings. The average molecular weight is 351 g/mol. The van der Waals surface area contributed by atoms with Crippen LogP contribution in [0.15, 0.2) is 5.16 Å². The van der Waals surface area contributed by atoms with Crippen LogP contribution in [0.4, 0.5) is 0 Å². The van der Waals surface area contributed by atoms with Gasteiger partial charge in [-0.25, -0.2) is 0 Å². The number of nitrogens with one attached hydrogen (secondary N) is 1. The van der Waals surface area contributed by atoms with Crippen molar-refractivity contribution in [2.75, 3.05) is 12.4 Å². The van der Waals surface area contributed by atoms with Crippen molar-refractivity contribution in [2.45, 2.75) is 49.7 Å². The first-order valence-electron chi connectivity index (χ1n) is 7.88. The van der Waals surface area contributed by atoms with Gasteiger partial charge in [0, 0.05) is 7.05 Å². The van der Waals surface area contributed by atoms with Crippen LogP contribution in [0.5, 0.6) is 0 Å². The molecular formula is C15H21N5O3S. The Balaban J connectivity index is 1.88. The molecule has 24 heavy (non-hydrogen) atoms. The van der Waals surface area contributed by atoms with Crippen LogP contribution in [-0.4, -0.2) is 44.5 Å². The van der Waals surface area contributed by atoms with Gasteiger partial charge in [-0.2, -0.15) is 5.26 Å². The molecule has 0 saturated heterocycles. The summed E-state index contributed by atoms with van der Waals surface area (Å²) in [6.07, 6.45) is 3.37. The van der Waals surface area contributed by atoms with Gasteiger partial charge >= 0.3 is 5.97 Å². The number of thioether (sulfide) groups is 1. The molecule has 0 aliphatic heterocycles. The van der Waals surface area contributed by atoms with E-state index in [9.17, 15) is 14.9 Å². The van der Waals surface area contributed by atoms with Crippen LogP contribution in [0.2, 0.25) is 0 Å². The van der Waals surface area contributed by atoms with Gasteiger partial charge in [-0.1, -0.05) is 11.8 Å². The van der Waals surface area contributed by atoms with Gasteiger partial charge in [-0.05, 0) is 32.6 Å². The molecule has 130 valence electrons. The fraction of sp³-hybridized carbons (Fsp3) is 0.667. The van der Waals surface area contributed by atoms with Crippen molar-refractivity contribution >= 4 is 23.6 Å². The van der Waals surface area contributed by atoms with Crippen molar-refractivity contribution in [1.82, 2.24) is 20.1 Å². The van der Waals surface area contributed by atoms with Crippen molar-refractivity contribution in [2.24, 2.45) is 7.05 Å². The molecule has 0 bridgehead atoms. The minimum absolute atomic E-state index is 0.0433. The standard InChI is InChI=1S/C15H21N5O3S/c1-3-23-13(22)8-11-18-19-14(20(11)2)24-9-12(21)17-15(10-16)6-4-5-7-15/h3-9H2,1-2H3,(H,17,21). The Morgan fingerprint density at radius 2 is 2.12 bits per heavy atom. The third kappa shape index (κ3) is 4.47. The number of nitriles is 1. The summed E-state index contributed by atoms with van der Waals surface area (Å²) in [7, 11) is 1.74. The molecular weight excluding hydrogens is 330 g/mol. The fourth-order valence-corrected chi connectivity index (χ4v) is 3.37. The lowest BCUT2D eigenvalue weighted by molar-refractivity contribution is -0.142. The van der Waals surface area contributed by atoms with Crippen LogP contribution in [0.25, 0.3) is 0 Å². The summed E-state index contributed by atoms with van der Waals surface area (Å²) in [4.78, 5) is 23.6. The maximum atomic E-state index is 12.1. The minimum atomic E-state index is -0.716. The van der Waals surface area contributed by atoms with Crippen molar-refractivity contribution in [3.63, 3.8) is 0 Å². The molecule has 0 spiro atoms. The highest BCUT2D eigenvalue weighted by Gasteiger charge is 2.35. The second kappa shape index (κ2) is 8.15. The lowest BCUT2D eigenvalue weighted by Gasteiger charge is -2.21. The smallest absolute Gasteiger partial charge is 0.313 e. The normalized spacial score (nSPS) is 15.7. The highest BCUT2D eigenvalue weighted by molar-refractivity contribution is 7.99. The quantitative estimate of drug-likeness (QED) is 0.575. The van der Waals surface area contributed by atoms with Crippen LogP contribution in [-0.2, 0) is 27.8 Å². The molecule has 1 heterocycles. The molecule has 0 unspecified atom stereocenters. The number of carbonyl (C=O) groups is 2. The summed E-state index contributed by atoms with van der Waals surface area (Å²) in [5.74, 6) is 0.0768. The van der Waals surface area contributed by atoms with Crippen LogP contribution in [0, 0.1) is 11.3 Å². The molecule has 1 saturated carbocycles. The van der Waals surface area contributed by atoms with Crippen LogP contribution in [0.1, 0.15) is 38.4 Å². The van der Waals surface area contributed by atoms with Gasteiger partial charge in [0.2, 0.25) is 5.91 Å². The van der Waals surface area contributed by atoms with E-state index in [4.69, 9.17) is 4.74 Å². The Hall–Kier alpha value is -2.08. The van der Waals surface area contributed by atoms with Crippen molar-refractivity contribution in [1.29, 1.82) is 5.26 Å². The number of rotatable bonds is 7. The van der Waals surface area contributed by atoms with E-state index in [0.717, 1.165) is 12.8 Å². The van der Waals surface area contributed by atoms with E-state index in [2.05, 4.69) is 21.6 Å². The summed E-state index contributed by atoms with van der Waals surface area (Å²) in [5.41, 5.74) is -0.716. The Morgan fingerprint density at radius 3 is 2.75 bits per heavy atom. The van der Waals surface area contributed by atoms with Crippen LogP contribution < -0.4 is 5.32 Å². The number of carbonyl (C=O) groups excluding carboxylic acids is 2. The number of esters is 1. The number of ether oxygens (including phenoxy) is 1. The van der Waals surface area contributed by atoms with Gasteiger partial charge in [0.15, 0.2) is 5.16 Å². The zero-order valence-electron chi connectivity index (χ0n) is 13.9. The molecule has 8 nitrogen and oxygen atoms in total. The van der Waals surface area contributed by atoms with E-state index >= 15 is 0 Å².